The molecule has 4 rings (SSSR count). The predicted octanol–water partition coefficient (Wildman–Crippen LogP) is 2.25. The maximum atomic E-state index is 15.4. The first kappa shape index (κ1) is 25.2. The van der Waals surface area contributed by atoms with Crippen molar-refractivity contribution >= 4 is 38.7 Å². The Balaban J connectivity index is 1.73. The first-order chi connectivity index (χ1) is 17.2. The Hall–Kier alpha value is -3.88. The zero-order valence-corrected chi connectivity index (χ0v) is 19.9. The van der Waals surface area contributed by atoms with Crippen LogP contribution in [0.4, 0.5) is 14.5 Å². The number of carbonyl (C=O) groups excluding carboxylic acids is 1. The Morgan fingerprint density at radius 2 is 2.00 bits per heavy atom. The number of sulfonamides is 1. The van der Waals surface area contributed by atoms with Gasteiger partial charge in [-0.15, -0.1) is 0 Å². The van der Waals surface area contributed by atoms with Gasteiger partial charge >= 0.3 is 0 Å². The lowest BCUT2D eigenvalue weighted by atomic mass is 10.1. The van der Waals surface area contributed by atoms with E-state index in [1.54, 1.807) is 0 Å². The van der Waals surface area contributed by atoms with Crippen molar-refractivity contribution in [2.75, 3.05) is 25.0 Å². The van der Waals surface area contributed by atoms with E-state index in [1.807, 2.05) is 4.72 Å². The number of aromatic nitrogens is 4. The van der Waals surface area contributed by atoms with E-state index in [-0.39, 0.29) is 41.0 Å². The van der Waals surface area contributed by atoms with Crippen LogP contribution in [0.5, 0.6) is 5.88 Å². The zero-order valence-electron chi connectivity index (χ0n) is 18.4. The summed E-state index contributed by atoms with van der Waals surface area (Å²) in [6.45, 7) is -0.251. The number of fused-ring (bicyclic) bond motifs is 1. The molecule has 1 aromatic carbocycles. The third kappa shape index (κ3) is 4.78. The molecule has 0 saturated heterocycles. The largest absolute Gasteiger partial charge is 0.480 e. The van der Waals surface area contributed by atoms with Crippen molar-refractivity contribution in [1.29, 1.82) is 0 Å². The van der Waals surface area contributed by atoms with Crippen LogP contribution in [0, 0.1) is 11.6 Å². The van der Waals surface area contributed by atoms with Crippen LogP contribution in [-0.4, -0.2) is 59.0 Å². The number of aliphatic hydroxyl groups excluding tert-OH is 1. The molecule has 3 heterocycles. The van der Waals surface area contributed by atoms with E-state index >= 15 is 4.39 Å². The number of amides is 1. The van der Waals surface area contributed by atoms with Gasteiger partial charge in [-0.2, -0.15) is 0 Å². The number of benzene rings is 1. The normalized spacial score (nSPS) is 11.5. The van der Waals surface area contributed by atoms with Gasteiger partial charge in [-0.05, 0) is 18.2 Å². The highest BCUT2D eigenvalue weighted by Gasteiger charge is 2.25. The van der Waals surface area contributed by atoms with Crippen molar-refractivity contribution in [2.24, 2.45) is 0 Å². The molecule has 4 aromatic rings. The van der Waals surface area contributed by atoms with Gasteiger partial charge in [0.25, 0.3) is 15.9 Å². The smallest absolute Gasteiger partial charge is 0.272 e. The minimum absolute atomic E-state index is 0.00121. The van der Waals surface area contributed by atoms with E-state index < -0.39 is 43.7 Å². The lowest BCUT2D eigenvalue weighted by Crippen LogP contribution is -2.26. The Bertz CT molecular complexity index is 1580. The average Bonchev–Trinajstić information content (AvgIpc) is 3.28. The minimum Gasteiger partial charge on any atom is -0.480 e. The lowest BCUT2D eigenvalue weighted by molar-refractivity contribution is 0.0942. The topological polar surface area (TPSA) is 148 Å². The van der Waals surface area contributed by atoms with Crippen LogP contribution >= 0.6 is 11.6 Å². The highest BCUT2D eigenvalue weighted by Crippen LogP contribution is 2.32. The number of methoxy groups -OCH3 is 1. The number of rotatable bonds is 8. The van der Waals surface area contributed by atoms with Gasteiger partial charge in [-0.3, -0.25) is 14.5 Å². The average molecular weight is 539 g/mol. The maximum Gasteiger partial charge on any atom is 0.272 e. The van der Waals surface area contributed by atoms with Gasteiger partial charge in [0.15, 0.2) is 16.4 Å². The maximum absolute atomic E-state index is 15.4. The lowest BCUT2D eigenvalue weighted by Gasteiger charge is -2.14. The van der Waals surface area contributed by atoms with E-state index in [9.17, 15) is 17.6 Å². The van der Waals surface area contributed by atoms with Crippen molar-refractivity contribution in [3.63, 3.8) is 0 Å². The molecule has 0 bridgehead atoms. The summed E-state index contributed by atoms with van der Waals surface area (Å²) in [6, 6.07) is 2.85. The third-order valence-electron chi connectivity index (χ3n) is 4.89. The number of hydrogen-bond acceptors (Lipinski definition) is 8. The highest BCUT2D eigenvalue weighted by molar-refractivity contribution is 7.92. The van der Waals surface area contributed by atoms with Crippen LogP contribution in [-0.2, 0) is 10.0 Å². The van der Waals surface area contributed by atoms with Gasteiger partial charge in [0, 0.05) is 18.9 Å². The van der Waals surface area contributed by atoms with Gasteiger partial charge < -0.3 is 19.6 Å². The van der Waals surface area contributed by atoms with Crippen LogP contribution < -0.4 is 14.8 Å². The molecule has 0 saturated carbocycles. The fourth-order valence-corrected chi connectivity index (χ4v) is 4.70. The van der Waals surface area contributed by atoms with Gasteiger partial charge in [0.1, 0.15) is 12.1 Å². The summed E-state index contributed by atoms with van der Waals surface area (Å²) < 4.78 is 64.2. The summed E-state index contributed by atoms with van der Waals surface area (Å²) in [5.41, 5.74) is -1.14. The van der Waals surface area contributed by atoms with Gasteiger partial charge in [-0.1, -0.05) is 11.6 Å². The van der Waals surface area contributed by atoms with E-state index in [0.29, 0.717) is 0 Å². The summed E-state index contributed by atoms with van der Waals surface area (Å²) in [5, 5.41) is 11.3. The molecule has 0 unspecified atom stereocenters. The van der Waals surface area contributed by atoms with E-state index in [0.717, 1.165) is 18.2 Å². The fourth-order valence-electron chi connectivity index (χ4n) is 3.27. The van der Waals surface area contributed by atoms with Crippen molar-refractivity contribution in [3.8, 4) is 17.1 Å². The first-order valence-corrected chi connectivity index (χ1v) is 11.9. The van der Waals surface area contributed by atoms with Crippen LogP contribution in [0.2, 0.25) is 5.02 Å². The monoisotopic (exact) mass is 538 g/mol. The number of carbonyl (C=O) groups is 1. The Morgan fingerprint density at radius 3 is 2.72 bits per heavy atom. The number of aliphatic hydroxyl groups is 1. The molecule has 36 heavy (non-hydrogen) atoms. The molecule has 1 amide bonds. The summed E-state index contributed by atoms with van der Waals surface area (Å²) in [4.78, 5) is 23.5. The molecule has 0 aliphatic heterocycles. The molecular formula is C21H17ClF2N6O5S. The number of pyridine rings is 1. The summed E-state index contributed by atoms with van der Waals surface area (Å²) in [7, 11) is -3.24. The first-order valence-electron chi connectivity index (χ1n) is 10.1. The number of nitrogens with one attached hydrogen (secondary N) is 2. The zero-order chi connectivity index (χ0) is 26.0. The molecule has 0 atom stereocenters. The van der Waals surface area contributed by atoms with E-state index in [1.165, 1.54) is 36.4 Å². The molecule has 15 heteroatoms. The van der Waals surface area contributed by atoms with Crippen molar-refractivity contribution in [1.82, 2.24) is 24.7 Å². The number of nitrogens with zero attached hydrogens (tertiary/aromatic N) is 4. The SMILES string of the molecule is COc1ncc(Cl)cc1S(=O)(=O)Nc1ccc(F)c(-c2cn3cnc(C(=O)NCCO)c3cn2)c1F. The predicted molar refractivity (Wildman–Crippen MR) is 124 cm³/mol. The second-order valence-corrected chi connectivity index (χ2v) is 9.28. The summed E-state index contributed by atoms with van der Waals surface area (Å²) in [6.07, 6.45) is 4.84. The Labute approximate surface area is 207 Å². The fraction of sp³-hybridized carbons (Fsp3) is 0.143. The molecule has 3 aromatic heterocycles. The highest BCUT2D eigenvalue weighted by atomic mass is 35.5. The van der Waals surface area contributed by atoms with Crippen molar-refractivity contribution in [2.45, 2.75) is 4.90 Å². The van der Waals surface area contributed by atoms with Gasteiger partial charge in [0.05, 0.1) is 47.4 Å². The molecule has 0 aliphatic carbocycles. The summed E-state index contributed by atoms with van der Waals surface area (Å²) >= 11 is 5.85. The minimum atomic E-state index is -4.44. The Kier molecular flexibility index (Phi) is 7.01. The molecule has 11 nitrogen and oxygen atoms in total. The second-order valence-electron chi connectivity index (χ2n) is 7.19. The van der Waals surface area contributed by atoms with Crippen molar-refractivity contribution < 1.29 is 31.8 Å². The summed E-state index contributed by atoms with van der Waals surface area (Å²) in [5.74, 6) is -3.09. The molecule has 0 fully saturated rings. The molecule has 0 radical (unpaired) electrons. The standard InChI is InChI=1S/C21H17ClF2N6O5S/c1-35-21-16(6-11(22)7-27-21)36(33,34)29-13-3-2-12(23)17(18(13)24)14-9-30-10-28-19(15(30)8-26-14)20(32)25-4-5-31/h2-3,6-10,29,31H,4-5H2,1H3,(H,25,32). The number of hydrogen-bond donors (Lipinski definition) is 3. The van der Waals surface area contributed by atoms with Crippen LogP contribution in [0.3, 0.4) is 0 Å². The Morgan fingerprint density at radius 1 is 1.22 bits per heavy atom. The van der Waals surface area contributed by atoms with E-state index in [4.69, 9.17) is 21.4 Å². The van der Waals surface area contributed by atoms with Crippen LogP contribution in [0.15, 0.2) is 48.0 Å². The molecule has 0 spiro atoms. The van der Waals surface area contributed by atoms with E-state index in [2.05, 4.69) is 20.3 Å². The quantitative estimate of drug-likeness (QED) is 0.309. The molecular weight excluding hydrogens is 522 g/mol. The third-order valence-corrected chi connectivity index (χ3v) is 6.46. The molecule has 0 aliphatic rings. The number of anilines is 1. The van der Waals surface area contributed by atoms with Crippen molar-refractivity contribution in [3.05, 3.63) is 65.5 Å². The van der Waals surface area contributed by atoms with Gasteiger partial charge in [-0.25, -0.2) is 27.2 Å². The van der Waals surface area contributed by atoms with Crippen LogP contribution in [0.25, 0.3) is 16.8 Å². The number of imidazole rings is 1. The second kappa shape index (κ2) is 10.0. The molecule has 3 N–H and O–H groups in total. The number of halogens is 3. The van der Waals surface area contributed by atoms with Gasteiger partial charge in [0.2, 0.25) is 5.88 Å². The molecule has 188 valence electrons. The number of ether oxygens (including phenoxy) is 1. The van der Waals surface area contributed by atoms with Crippen LogP contribution in [0.1, 0.15) is 10.5 Å².